The van der Waals surface area contributed by atoms with Crippen molar-refractivity contribution in [3.8, 4) is 5.75 Å². The van der Waals surface area contributed by atoms with E-state index in [0.717, 1.165) is 18.8 Å². The quantitative estimate of drug-likeness (QED) is 0.667. The van der Waals surface area contributed by atoms with Crippen molar-refractivity contribution in [2.45, 2.75) is 27.2 Å². The van der Waals surface area contributed by atoms with Crippen molar-refractivity contribution < 1.29 is 4.74 Å². The maximum Gasteiger partial charge on any atom is 0.119 e. The zero-order valence-electron chi connectivity index (χ0n) is 8.05. The van der Waals surface area contributed by atoms with Gasteiger partial charge in [-0.2, -0.15) is 0 Å². The maximum absolute atomic E-state index is 5.49. The summed E-state index contributed by atoms with van der Waals surface area (Å²) in [4.78, 5) is 0. The molecule has 0 saturated carbocycles. The second kappa shape index (κ2) is 4.15. The standard InChI is InChI=1S/C11H16O/c1-4-7-12-11-6-5-9(2)10(3)8-11/h5-6,8H,4,7H2,1-3H3. The second-order valence-electron chi connectivity index (χ2n) is 3.09. The molecule has 0 bridgehead atoms. The molecule has 0 aliphatic carbocycles. The molecule has 0 unspecified atom stereocenters. The summed E-state index contributed by atoms with van der Waals surface area (Å²) < 4.78 is 5.49. The number of aryl methyl sites for hydroxylation is 2. The predicted octanol–water partition coefficient (Wildman–Crippen LogP) is 3.09. The van der Waals surface area contributed by atoms with Gasteiger partial charge >= 0.3 is 0 Å². The molecule has 0 atom stereocenters. The van der Waals surface area contributed by atoms with E-state index < -0.39 is 0 Å². The minimum atomic E-state index is 0.808. The van der Waals surface area contributed by atoms with Crippen LogP contribution in [-0.4, -0.2) is 6.61 Å². The monoisotopic (exact) mass is 164 g/mol. The minimum Gasteiger partial charge on any atom is -0.494 e. The summed E-state index contributed by atoms with van der Waals surface area (Å²) in [6, 6.07) is 6.21. The summed E-state index contributed by atoms with van der Waals surface area (Å²) in [7, 11) is 0. The Labute approximate surface area is 74.4 Å². The van der Waals surface area contributed by atoms with Crippen molar-refractivity contribution in [3.63, 3.8) is 0 Å². The fourth-order valence-corrected chi connectivity index (χ4v) is 1.02. The van der Waals surface area contributed by atoms with Gasteiger partial charge in [0.05, 0.1) is 6.61 Å². The van der Waals surface area contributed by atoms with Gasteiger partial charge in [0.25, 0.3) is 0 Å². The molecule has 0 amide bonds. The van der Waals surface area contributed by atoms with Crippen LogP contribution in [0.5, 0.6) is 5.75 Å². The van der Waals surface area contributed by atoms with E-state index >= 15 is 0 Å². The SMILES string of the molecule is CCCOc1ccc(C)c(C)c1. The normalized spacial score (nSPS) is 9.92. The highest BCUT2D eigenvalue weighted by Gasteiger charge is 1.95. The Morgan fingerprint density at radius 2 is 1.92 bits per heavy atom. The van der Waals surface area contributed by atoms with Crippen molar-refractivity contribution in [3.05, 3.63) is 29.3 Å². The second-order valence-corrected chi connectivity index (χ2v) is 3.09. The van der Waals surface area contributed by atoms with Crippen LogP contribution in [0.3, 0.4) is 0 Å². The third-order valence-electron chi connectivity index (χ3n) is 1.95. The summed E-state index contributed by atoms with van der Waals surface area (Å²) in [5, 5.41) is 0. The van der Waals surface area contributed by atoms with E-state index in [1.807, 2.05) is 6.07 Å². The third-order valence-corrected chi connectivity index (χ3v) is 1.95. The lowest BCUT2D eigenvalue weighted by molar-refractivity contribution is 0.317. The van der Waals surface area contributed by atoms with Crippen LogP contribution in [0.15, 0.2) is 18.2 Å². The zero-order chi connectivity index (χ0) is 8.97. The molecule has 0 aliphatic heterocycles. The van der Waals surface area contributed by atoms with Gasteiger partial charge in [-0.25, -0.2) is 0 Å². The Morgan fingerprint density at radius 1 is 1.17 bits per heavy atom. The molecule has 0 fully saturated rings. The highest BCUT2D eigenvalue weighted by Crippen LogP contribution is 2.16. The van der Waals surface area contributed by atoms with E-state index in [0.29, 0.717) is 0 Å². The molecule has 0 spiro atoms. The summed E-state index contributed by atoms with van der Waals surface area (Å²) in [5.41, 5.74) is 2.61. The molecule has 1 aromatic rings. The van der Waals surface area contributed by atoms with E-state index in [2.05, 4.69) is 32.9 Å². The molecular weight excluding hydrogens is 148 g/mol. The minimum absolute atomic E-state index is 0.808. The highest BCUT2D eigenvalue weighted by molar-refractivity contribution is 5.33. The first-order chi connectivity index (χ1) is 5.74. The molecule has 0 aromatic heterocycles. The molecule has 0 saturated heterocycles. The molecule has 66 valence electrons. The van der Waals surface area contributed by atoms with Crippen LogP contribution >= 0.6 is 0 Å². The average Bonchev–Trinajstić information content (AvgIpc) is 2.07. The average molecular weight is 164 g/mol. The molecule has 1 aromatic carbocycles. The van der Waals surface area contributed by atoms with Gasteiger partial charge in [0.1, 0.15) is 5.75 Å². The van der Waals surface area contributed by atoms with Crippen molar-refractivity contribution in [2.75, 3.05) is 6.61 Å². The van der Waals surface area contributed by atoms with E-state index in [9.17, 15) is 0 Å². The summed E-state index contributed by atoms with van der Waals surface area (Å²) in [5.74, 6) is 0.986. The Balaban J connectivity index is 2.69. The lowest BCUT2D eigenvalue weighted by atomic mass is 10.1. The molecule has 0 radical (unpaired) electrons. The van der Waals surface area contributed by atoms with Crippen molar-refractivity contribution in [1.29, 1.82) is 0 Å². The van der Waals surface area contributed by atoms with E-state index in [4.69, 9.17) is 4.74 Å². The van der Waals surface area contributed by atoms with E-state index in [1.165, 1.54) is 11.1 Å². The molecule has 0 N–H and O–H groups in total. The predicted molar refractivity (Wildman–Crippen MR) is 51.7 cm³/mol. The number of rotatable bonds is 3. The van der Waals surface area contributed by atoms with Crippen LogP contribution in [0.2, 0.25) is 0 Å². The van der Waals surface area contributed by atoms with E-state index in [1.54, 1.807) is 0 Å². The number of benzene rings is 1. The lowest BCUT2D eigenvalue weighted by Gasteiger charge is -2.06. The van der Waals surface area contributed by atoms with Gasteiger partial charge in [0.15, 0.2) is 0 Å². The fraction of sp³-hybridized carbons (Fsp3) is 0.455. The number of hydrogen-bond donors (Lipinski definition) is 0. The smallest absolute Gasteiger partial charge is 0.119 e. The Morgan fingerprint density at radius 3 is 2.50 bits per heavy atom. The van der Waals surface area contributed by atoms with Gasteiger partial charge in [-0.15, -0.1) is 0 Å². The Hall–Kier alpha value is -0.980. The summed E-state index contributed by atoms with van der Waals surface area (Å²) >= 11 is 0. The molecule has 1 rings (SSSR count). The van der Waals surface area contributed by atoms with Crippen LogP contribution < -0.4 is 4.74 Å². The lowest BCUT2D eigenvalue weighted by Crippen LogP contribution is -1.95. The zero-order valence-corrected chi connectivity index (χ0v) is 8.05. The van der Waals surface area contributed by atoms with Gasteiger partial charge < -0.3 is 4.74 Å². The molecule has 1 nitrogen and oxygen atoms in total. The van der Waals surface area contributed by atoms with Crippen LogP contribution in [0.1, 0.15) is 24.5 Å². The van der Waals surface area contributed by atoms with Gasteiger partial charge in [-0.1, -0.05) is 13.0 Å². The first kappa shape index (κ1) is 9.11. The summed E-state index contributed by atoms with van der Waals surface area (Å²) in [6.45, 7) is 7.14. The van der Waals surface area contributed by atoms with Gasteiger partial charge in [0, 0.05) is 0 Å². The van der Waals surface area contributed by atoms with Crippen molar-refractivity contribution in [2.24, 2.45) is 0 Å². The van der Waals surface area contributed by atoms with Crippen LogP contribution in [0, 0.1) is 13.8 Å². The topological polar surface area (TPSA) is 9.23 Å². The summed E-state index contributed by atoms with van der Waals surface area (Å²) in [6.07, 6.45) is 1.06. The first-order valence-corrected chi connectivity index (χ1v) is 4.44. The Bertz CT molecular complexity index is 253. The van der Waals surface area contributed by atoms with Gasteiger partial charge in [0.2, 0.25) is 0 Å². The molecule has 0 aliphatic rings. The highest BCUT2D eigenvalue weighted by atomic mass is 16.5. The number of ether oxygens (including phenoxy) is 1. The Kier molecular flexibility index (Phi) is 3.15. The van der Waals surface area contributed by atoms with Crippen LogP contribution in [-0.2, 0) is 0 Å². The first-order valence-electron chi connectivity index (χ1n) is 4.44. The molecule has 0 heterocycles. The molecule has 1 heteroatoms. The fourth-order valence-electron chi connectivity index (χ4n) is 1.02. The van der Waals surface area contributed by atoms with Crippen LogP contribution in [0.25, 0.3) is 0 Å². The molecule has 12 heavy (non-hydrogen) atoms. The van der Waals surface area contributed by atoms with Gasteiger partial charge in [-0.05, 0) is 43.5 Å². The number of hydrogen-bond acceptors (Lipinski definition) is 1. The third kappa shape index (κ3) is 2.26. The van der Waals surface area contributed by atoms with Crippen molar-refractivity contribution in [1.82, 2.24) is 0 Å². The van der Waals surface area contributed by atoms with Crippen LogP contribution in [0.4, 0.5) is 0 Å². The van der Waals surface area contributed by atoms with Gasteiger partial charge in [-0.3, -0.25) is 0 Å². The van der Waals surface area contributed by atoms with E-state index in [-0.39, 0.29) is 0 Å². The molecular formula is C11H16O. The largest absolute Gasteiger partial charge is 0.494 e. The maximum atomic E-state index is 5.49. The van der Waals surface area contributed by atoms with Crippen molar-refractivity contribution >= 4 is 0 Å².